The summed E-state index contributed by atoms with van der Waals surface area (Å²) < 4.78 is 4.99. The quantitative estimate of drug-likeness (QED) is 0.805. The topological polar surface area (TPSA) is 49.8 Å². The maximum Gasteiger partial charge on any atom is 0.338 e. The van der Waals surface area contributed by atoms with Crippen LogP contribution in [0.4, 0.5) is 0 Å². The monoisotopic (exact) mass is 240 g/mol. The summed E-state index contributed by atoms with van der Waals surface area (Å²) in [6.07, 6.45) is 2.11. The molecule has 0 amide bonds. The Morgan fingerprint density at radius 3 is 2.75 bits per heavy atom. The molecule has 0 saturated carbocycles. The summed E-state index contributed by atoms with van der Waals surface area (Å²) >= 11 is 6.00. The highest BCUT2D eigenvalue weighted by Gasteiger charge is 2.51. The van der Waals surface area contributed by atoms with Crippen molar-refractivity contribution < 1.29 is 14.6 Å². The van der Waals surface area contributed by atoms with Crippen LogP contribution >= 0.6 is 11.6 Å². The van der Waals surface area contributed by atoms with Crippen LogP contribution < -0.4 is 0 Å². The minimum atomic E-state index is -0.902. The van der Waals surface area contributed by atoms with Crippen molar-refractivity contribution >= 4 is 17.6 Å². The van der Waals surface area contributed by atoms with Gasteiger partial charge in [-0.3, -0.25) is 0 Å². The molecule has 1 heterocycles. The van der Waals surface area contributed by atoms with Crippen LogP contribution in [-0.4, -0.2) is 23.3 Å². The number of rotatable bonds is 5. The summed E-state index contributed by atoms with van der Waals surface area (Å²) in [5.41, 5.74) is 0.159. The molecule has 86 valence electrons. The molecule has 0 radical (unpaired) electrons. The zero-order valence-electron chi connectivity index (χ0n) is 8.78. The largest absolute Gasteiger partial charge is 0.479 e. The number of aryl methyl sites for hydroxylation is 1. The molecule has 0 aliphatic carbocycles. The van der Waals surface area contributed by atoms with E-state index in [9.17, 15) is 4.79 Å². The maximum atomic E-state index is 10.8. The average molecular weight is 241 g/mol. The number of epoxide rings is 1. The highest BCUT2D eigenvalue weighted by molar-refractivity contribution is 6.31. The van der Waals surface area contributed by atoms with E-state index in [-0.39, 0.29) is 0 Å². The van der Waals surface area contributed by atoms with E-state index in [2.05, 4.69) is 0 Å². The van der Waals surface area contributed by atoms with E-state index in [1.807, 2.05) is 24.3 Å². The van der Waals surface area contributed by atoms with Gasteiger partial charge < -0.3 is 9.84 Å². The predicted molar refractivity (Wildman–Crippen MR) is 60.7 cm³/mol. The van der Waals surface area contributed by atoms with Crippen LogP contribution in [0, 0.1) is 0 Å². The lowest BCUT2D eigenvalue weighted by atomic mass is 10.0. The number of hydrogen-bond donors (Lipinski definition) is 1. The maximum absolute atomic E-state index is 10.8. The highest BCUT2D eigenvalue weighted by Crippen LogP contribution is 2.33. The predicted octanol–water partition coefficient (Wildman–Crippen LogP) is 2.52. The van der Waals surface area contributed by atoms with Crippen molar-refractivity contribution in [2.45, 2.75) is 24.9 Å². The van der Waals surface area contributed by atoms with Crippen molar-refractivity contribution in [3.8, 4) is 0 Å². The number of aliphatic carboxylic acids is 1. The van der Waals surface area contributed by atoms with Crippen molar-refractivity contribution in [2.75, 3.05) is 6.61 Å². The zero-order chi connectivity index (χ0) is 11.6. The van der Waals surface area contributed by atoms with E-state index < -0.39 is 11.6 Å². The molecule has 1 saturated heterocycles. The van der Waals surface area contributed by atoms with Gasteiger partial charge in [0.05, 0.1) is 6.61 Å². The number of benzene rings is 1. The highest BCUT2D eigenvalue weighted by atomic mass is 35.5. The van der Waals surface area contributed by atoms with Crippen molar-refractivity contribution in [1.29, 1.82) is 0 Å². The Morgan fingerprint density at radius 2 is 2.19 bits per heavy atom. The molecule has 0 bridgehead atoms. The van der Waals surface area contributed by atoms with Gasteiger partial charge in [0.15, 0.2) is 5.60 Å². The normalized spacial score (nSPS) is 23.1. The van der Waals surface area contributed by atoms with Crippen LogP contribution in [0.25, 0.3) is 0 Å². The molecule has 1 aliphatic heterocycles. The van der Waals surface area contributed by atoms with E-state index in [0.29, 0.717) is 13.0 Å². The number of halogens is 1. The Balaban J connectivity index is 1.85. The molecule has 3 nitrogen and oxygen atoms in total. The van der Waals surface area contributed by atoms with Crippen molar-refractivity contribution in [2.24, 2.45) is 0 Å². The molecule has 1 fully saturated rings. The Bertz CT molecular complexity index is 399. The minimum absolute atomic E-state index is 0.338. The summed E-state index contributed by atoms with van der Waals surface area (Å²) in [6, 6.07) is 7.62. The summed E-state index contributed by atoms with van der Waals surface area (Å²) in [5, 5.41) is 9.64. The van der Waals surface area contributed by atoms with Crippen LogP contribution in [0.1, 0.15) is 18.4 Å². The average Bonchev–Trinajstić information content (AvgIpc) is 3.02. The van der Waals surface area contributed by atoms with E-state index in [4.69, 9.17) is 21.4 Å². The van der Waals surface area contributed by atoms with E-state index >= 15 is 0 Å². The van der Waals surface area contributed by atoms with Crippen LogP contribution in [0.15, 0.2) is 24.3 Å². The first-order valence-electron chi connectivity index (χ1n) is 5.25. The first-order chi connectivity index (χ1) is 7.64. The molecule has 1 aliphatic rings. The summed E-state index contributed by atoms with van der Waals surface area (Å²) in [7, 11) is 0. The number of ether oxygens (including phenoxy) is 1. The SMILES string of the molecule is O=C(O)C1(CCCc2ccccc2Cl)CO1. The van der Waals surface area contributed by atoms with Gasteiger partial charge in [-0.1, -0.05) is 29.8 Å². The third-order valence-corrected chi connectivity index (χ3v) is 3.24. The second-order valence-corrected chi connectivity index (χ2v) is 4.44. The fourth-order valence-electron chi connectivity index (χ4n) is 1.73. The number of carboxylic acids is 1. The lowest BCUT2D eigenvalue weighted by Gasteiger charge is -2.07. The molecule has 1 aromatic carbocycles. The van der Waals surface area contributed by atoms with Gasteiger partial charge in [0, 0.05) is 5.02 Å². The van der Waals surface area contributed by atoms with Crippen molar-refractivity contribution in [3.05, 3.63) is 34.9 Å². The van der Waals surface area contributed by atoms with Crippen LogP contribution in [0.3, 0.4) is 0 Å². The van der Waals surface area contributed by atoms with E-state index in [0.717, 1.165) is 23.4 Å². The molecular formula is C12H13ClO3. The second kappa shape index (κ2) is 4.44. The van der Waals surface area contributed by atoms with E-state index in [1.54, 1.807) is 0 Å². The Kier molecular flexibility index (Phi) is 3.17. The lowest BCUT2D eigenvalue weighted by molar-refractivity contribution is -0.143. The van der Waals surface area contributed by atoms with Crippen molar-refractivity contribution in [1.82, 2.24) is 0 Å². The summed E-state index contributed by atoms with van der Waals surface area (Å²) in [5.74, 6) is -0.855. The molecule has 0 spiro atoms. The first kappa shape index (κ1) is 11.4. The Labute approximate surface area is 99.0 Å². The minimum Gasteiger partial charge on any atom is -0.479 e. The van der Waals surface area contributed by atoms with Gasteiger partial charge in [0.2, 0.25) is 0 Å². The van der Waals surface area contributed by atoms with Gasteiger partial charge in [-0.25, -0.2) is 4.79 Å². The Hall–Kier alpha value is -1.06. The van der Waals surface area contributed by atoms with Gasteiger partial charge >= 0.3 is 5.97 Å². The number of carboxylic acid groups (broad SMARTS) is 1. The third-order valence-electron chi connectivity index (χ3n) is 2.87. The second-order valence-electron chi connectivity index (χ2n) is 4.03. The standard InChI is InChI=1S/C12H13ClO3/c13-10-6-2-1-4-9(10)5-3-7-12(8-16-12)11(14)15/h1-2,4,6H,3,5,7-8H2,(H,14,15). The Morgan fingerprint density at radius 1 is 1.50 bits per heavy atom. The number of hydrogen-bond acceptors (Lipinski definition) is 2. The molecule has 16 heavy (non-hydrogen) atoms. The molecular weight excluding hydrogens is 228 g/mol. The van der Waals surface area contributed by atoms with Gasteiger partial charge in [-0.15, -0.1) is 0 Å². The van der Waals surface area contributed by atoms with Gasteiger partial charge in [-0.05, 0) is 30.9 Å². The molecule has 4 heteroatoms. The lowest BCUT2D eigenvalue weighted by Crippen LogP contribution is -2.23. The third kappa shape index (κ3) is 2.36. The fraction of sp³-hybridized carbons (Fsp3) is 0.417. The molecule has 1 unspecified atom stereocenters. The smallest absolute Gasteiger partial charge is 0.338 e. The van der Waals surface area contributed by atoms with Crippen LogP contribution in [0.2, 0.25) is 5.02 Å². The summed E-state index contributed by atoms with van der Waals surface area (Å²) in [4.78, 5) is 10.8. The zero-order valence-corrected chi connectivity index (χ0v) is 9.54. The van der Waals surface area contributed by atoms with Gasteiger partial charge in [0.25, 0.3) is 0 Å². The fourth-order valence-corrected chi connectivity index (χ4v) is 1.96. The molecule has 1 N–H and O–H groups in total. The molecule has 0 aromatic heterocycles. The molecule has 1 atom stereocenters. The van der Waals surface area contributed by atoms with Gasteiger partial charge in [-0.2, -0.15) is 0 Å². The van der Waals surface area contributed by atoms with E-state index in [1.165, 1.54) is 0 Å². The van der Waals surface area contributed by atoms with Crippen LogP contribution in [0.5, 0.6) is 0 Å². The van der Waals surface area contributed by atoms with Crippen LogP contribution in [-0.2, 0) is 16.0 Å². The molecule has 2 rings (SSSR count). The number of carbonyl (C=O) groups is 1. The summed E-state index contributed by atoms with van der Waals surface area (Å²) in [6.45, 7) is 0.338. The van der Waals surface area contributed by atoms with Gasteiger partial charge in [0.1, 0.15) is 0 Å². The molecule has 1 aromatic rings. The van der Waals surface area contributed by atoms with Crippen molar-refractivity contribution in [3.63, 3.8) is 0 Å². The first-order valence-corrected chi connectivity index (χ1v) is 5.63.